The highest BCUT2D eigenvalue weighted by Crippen LogP contribution is 2.23. The van der Waals surface area contributed by atoms with Crippen molar-refractivity contribution in [2.24, 2.45) is 5.92 Å². The van der Waals surface area contributed by atoms with E-state index in [0.717, 1.165) is 12.3 Å². The smallest absolute Gasteiger partial charge is 0.0526 e. The first kappa shape index (κ1) is 12.0. The van der Waals surface area contributed by atoms with Gasteiger partial charge in [-0.25, -0.2) is 0 Å². The first-order valence-electron chi connectivity index (χ1n) is 6.05. The third kappa shape index (κ3) is 3.58. The number of aliphatic hydroxyl groups excluding tert-OH is 1. The van der Waals surface area contributed by atoms with Gasteiger partial charge in [-0.3, -0.25) is 0 Å². The molecule has 1 rings (SSSR count). The van der Waals surface area contributed by atoms with Crippen LogP contribution in [0.3, 0.4) is 0 Å². The first-order chi connectivity index (χ1) is 6.63. The molecule has 14 heavy (non-hydrogen) atoms. The van der Waals surface area contributed by atoms with Gasteiger partial charge in [0.2, 0.25) is 0 Å². The molecule has 1 aliphatic rings. The highest BCUT2D eigenvalue weighted by Gasteiger charge is 2.25. The number of hydrogen-bond acceptors (Lipinski definition) is 2. The average molecular weight is 199 g/mol. The lowest BCUT2D eigenvalue weighted by atomic mass is 10.0. The maximum absolute atomic E-state index is 9.33. The standard InChI is InChI=1S/C12H25NO/c1-4-5-12-6-7-13(9-12)10(2)8-11(3)14/h10-12,14H,4-9H2,1-3H3. The molecule has 84 valence electrons. The maximum Gasteiger partial charge on any atom is 0.0526 e. The summed E-state index contributed by atoms with van der Waals surface area (Å²) in [6.07, 6.45) is 4.80. The molecule has 0 aromatic rings. The Hall–Kier alpha value is -0.0800. The monoisotopic (exact) mass is 199 g/mol. The summed E-state index contributed by atoms with van der Waals surface area (Å²) in [7, 11) is 0. The molecule has 1 N–H and O–H groups in total. The molecule has 2 heteroatoms. The Labute approximate surface area is 88.3 Å². The van der Waals surface area contributed by atoms with Crippen LogP contribution in [-0.2, 0) is 0 Å². The van der Waals surface area contributed by atoms with Crippen molar-refractivity contribution in [1.29, 1.82) is 0 Å². The fourth-order valence-electron chi connectivity index (χ4n) is 2.55. The topological polar surface area (TPSA) is 23.5 Å². The first-order valence-corrected chi connectivity index (χ1v) is 6.05. The predicted octanol–water partition coefficient (Wildman–Crippen LogP) is 2.27. The minimum atomic E-state index is -0.157. The highest BCUT2D eigenvalue weighted by molar-refractivity contribution is 4.79. The van der Waals surface area contributed by atoms with Crippen LogP contribution in [-0.4, -0.2) is 35.2 Å². The summed E-state index contributed by atoms with van der Waals surface area (Å²) >= 11 is 0. The summed E-state index contributed by atoms with van der Waals surface area (Å²) in [5, 5.41) is 9.33. The van der Waals surface area contributed by atoms with Gasteiger partial charge in [0.15, 0.2) is 0 Å². The summed E-state index contributed by atoms with van der Waals surface area (Å²) < 4.78 is 0. The Bertz CT molecular complexity index is 158. The highest BCUT2D eigenvalue weighted by atomic mass is 16.3. The molecule has 0 aromatic heterocycles. The normalized spacial score (nSPS) is 27.9. The Balaban J connectivity index is 2.26. The second-order valence-electron chi connectivity index (χ2n) is 4.87. The van der Waals surface area contributed by atoms with Crippen LogP contribution in [0.2, 0.25) is 0 Å². The van der Waals surface area contributed by atoms with E-state index in [9.17, 15) is 5.11 Å². The fraction of sp³-hybridized carbons (Fsp3) is 1.00. The van der Waals surface area contributed by atoms with Crippen LogP contribution < -0.4 is 0 Å². The van der Waals surface area contributed by atoms with Crippen molar-refractivity contribution in [3.8, 4) is 0 Å². The van der Waals surface area contributed by atoms with Gasteiger partial charge in [0.05, 0.1) is 6.10 Å². The fourth-order valence-corrected chi connectivity index (χ4v) is 2.55. The minimum absolute atomic E-state index is 0.157. The third-order valence-corrected chi connectivity index (χ3v) is 3.32. The largest absolute Gasteiger partial charge is 0.393 e. The molecular weight excluding hydrogens is 174 g/mol. The third-order valence-electron chi connectivity index (χ3n) is 3.32. The van der Waals surface area contributed by atoms with E-state index in [1.54, 1.807) is 0 Å². The summed E-state index contributed by atoms with van der Waals surface area (Å²) in [6.45, 7) is 8.87. The summed E-state index contributed by atoms with van der Waals surface area (Å²) in [5.74, 6) is 0.913. The zero-order valence-electron chi connectivity index (χ0n) is 9.87. The minimum Gasteiger partial charge on any atom is -0.393 e. The second kappa shape index (κ2) is 5.72. The van der Waals surface area contributed by atoms with E-state index in [-0.39, 0.29) is 6.10 Å². The van der Waals surface area contributed by atoms with Crippen molar-refractivity contribution in [2.45, 2.75) is 58.6 Å². The molecule has 0 bridgehead atoms. The number of nitrogens with zero attached hydrogens (tertiary/aromatic N) is 1. The van der Waals surface area contributed by atoms with E-state index in [0.29, 0.717) is 6.04 Å². The van der Waals surface area contributed by atoms with Gasteiger partial charge in [0.25, 0.3) is 0 Å². The van der Waals surface area contributed by atoms with Gasteiger partial charge in [0, 0.05) is 12.6 Å². The average Bonchev–Trinajstić information content (AvgIpc) is 2.52. The van der Waals surface area contributed by atoms with Gasteiger partial charge < -0.3 is 10.0 Å². The number of likely N-dealkylation sites (tertiary alicyclic amines) is 1. The SMILES string of the molecule is CCCC1CCN(C(C)CC(C)O)C1. The quantitative estimate of drug-likeness (QED) is 0.734. The van der Waals surface area contributed by atoms with E-state index in [2.05, 4.69) is 18.7 Å². The molecule has 1 aliphatic heterocycles. The Morgan fingerprint density at radius 2 is 2.14 bits per heavy atom. The van der Waals surface area contributed by atoms with Gasteiger partial charge in [0.1, 0.15) is 0 Å². The number of hydrogen-bond donors (Lipinski definition) is 1. The maximum atomic E-state index is 9.33. The van der Waals surface area contributed by atoms with E-state index in [4.69, 9.17) is 0 Å². The molecule has 3 unspecified atom stereocenters. The molecular formula is C12H25NO. The molecule has 0 amide bonds. The van der Waals surface area contributed by atoms with Gasteiger partial charge >= 0.3 is 0 Å². The second-order valence-corrected chi connectivity index (χ2v) is 4.87. The van der Waals surface area contributed by atoms with Crippen LogP contribution in [0.1, 0.15) is 46.5 Å². The number of aliphatic hydroxyl groups is 1. The summed E-state index contributed by atoms with van der Waals surface area (Å²) in [6, 6.07) is 0.553. The molecule has 1 heterocycles. The van der Waals surface area contributed by atoms with Crippen LogP contribution in [0.15, 0.2) is 0 Å². The predicted molar refractivity (Wildman–Crippen MR) is 60.3 cm³/mol. The lowest BCUT2D eigenvalue weighted by Gasteiger charge is -2.25. The van der Waals surface area contributed by atoms with Crippen LogP contribution in [0.25, 0.3) is 0 Å². The molecule has 0 aromatic carbocycles. The Morgan fingerprint density at radius 1 is 1.43 bits per heavy atom. The van der Waals surface area contributed by atoms with E-state index in [1.807, 2.05) is 6.92 Å². The molecule has 0 saturated carbocycles. The molecule has 0 spiro atoms. The van der Waals surface area contributed by atoms with E-state index >= 15 is 0 Å². The molecule has 3 atom stereocenters. The number of rotatable bonds is 5. The van der Waals surface area contributed by atoms with Crippen LogP contribution in [0.4, 0.5) is 0 Å². The summed E-state index contributed by atoms with van der Waals surface area (Å²) in [4.78, 5) is 2.53. The van der Waals surface area contributed by atoms with Crippen molar-refractivity contribution in [1.82, 2.24) is 4.90 Å². The van der Waals surface area contributed by atoms with Crippen LogP contribution in [0.5, 0.6) is 0 Å². The Morgan fingerprint density at radius 3 is 2.71 bits per heavy atom. The molecule has 1 fully saturated rings. The van der Waals surface area contributed by atoms with Crippen LogP contribution in [0, 0.1) is 5.92 Å². The summed E-state index contributed by atoms with van der Waals surface area (Å²) in [5.41, 5.74) is 0. The van der Waals surface area contributed by atoms with Crippen LogP contribution >= 0.6 is 0 Å². The zero-order chi connectivity index (χ0) is 10.6. The zero-order valence-corrected chi connectivity index (χ0v) is 9.87. The van der Waals surface area contributed by atoms with Crippen molar-refractivity contribution in [2.75, 3.05) is 13.1 Å². The molecule has 2 nitrogen and oxygen atoms in total. The molecule has 0 aliphatic carbocycles. The van der Waals surface area contributed by atoms with Crippen molar-refractivity contribution < 1.29 is 5.11 Å². The van der Waals surface area contributed by atoms with E-state index in [1.165, 1.54) is 32.4 Å². The van der Waals surface area contributed by atoms with Gasteiger partial charge in [-0.15, -0.1) is 0 Å². The lowest BCUT2D eigenvalue weighted by molar-refractivity contribution is 0.131. The van der Waals surface area contributed by atoms with Crippen molar-refractivity contribution in [3.63, 3.8) is 0 Å². The van der Waals surface area contributed by atoms with E-state index < -0.39 is 0 Å². The molecule has 0 radical (unpaired) electrons. The van der Waals surface area contributed by atoms with Gasteiger partial charge in [-0.2, -0.15) is 0 Å². The van der Waals surface area contributed by atoms with Crippen molar-refractivity contribution in [3.05, 3.63) is 0 Å². The Kier molecular flexibility index (Phi) is 4.90. The lowest BCUT2D eigenvalue weighted by Crippen LogP contribution is -2.33. The molecule has 1 saturated heterocycles. The van der Waals surface area contributed by atoms with Gasteiger partial charge in [-0.1, -0.05) is 13.3 Å². The van der Waals surface area contributed by atoms with Gasteiger partial charge in [-0.05, 0) is 45.6 Å². The van der Waals surface area contributed by atoms with Crippen molar-refractivity contribution >= 4 is 0 Å².